The zero-order valence-corrected chi connectivity index (χ0v) is 17.0. The molecule has 2 aliphatic heterocycles. The maximum absolute atomic E-state index is 6.65. The van der Waals surface area contributed by atoms with E-state index in [1.165, 1.54) is 22.3 Å². The normalized spacial score (nSPS) is 22.5. The van der Waals surface area contributed by atoms with Gasteiger partial charge in [-0.2, -0.15) is 0 Å². The molecule has 0 unspecified atom stereocenters. The van der Waals surface area contributed by atoms with E-state index in [9.17, 15) is 0 Å². The van der Waals surface area contributed by atoms with Gasteiger partial charge in [-0.15, -0.1) is 12.6 Å². The fourth-order valence-corrected chi connectivity index (χ4v) is 4.74. The van der Waals surface area contributed by atoms with Crippen molar-refractivity contribution in [3.05, 3.63) is 82.9 Å². The second-order valence-electron chi connectivity index (χ2n) is 9.25. The van der Waals surface area contributed by atoms with Gasteiger partial charge in [0.25, 0.3) is 0 Å². The van der Waals surface area contributed by atoms with Gasteiger partial charge in [-0.3, -0.25) is 0 Å². The Morgan fingerprint density at radius 1 is 0.667 bits per heavy atom. The van der Waals surface area contributed by atoms with Gasteiger partial charge in [0.05, 0.1) is 0 Å². The van der Waals surface area contributed by atoms with Crippen LogP contribution in [0.2, 0.25) is 12.6 Å². The van der Waals surface area contributed by atoms with Crippen molar-refractivity contribution in [1.29, 1.82) is 0 Å². The van der Waals surface area contributed by atoms with Crippen LogP contribution in [-0.4, -0.2) is 17.8 Å². The van der Waals surface area contributed by atoms with Gasteiger partial charge in [0.1, 0.15) is 0 Å². The van der Waals surface area contributed by atoms with Crippen molar-refractivity contribution < 1.29 is 9.31 Å². The molecule has 2 heterocycles. The van der Waals surface area contributed by atoms with Crippen molar-refractivity contribution in [2.75, 3.05) is 0 Å². The summed E-state index contributed by atoms with van der Waals surface area (Å²) in [5.41, 5.74) is 5.18. The number of rotatable bonds is 4. The molecule has 27 heavy (non-hydrogen) atoms. The zero-order chi connectivity index (χ0) is 19.1. The molecule has 2 nitrogen and oxygen atoms in total. The second-order valence-corrected chi connectivity index (χ2v) is 9.25. The lowest BCUT2D eigenvalue weighted by molar-refractivity contribution is 0.00578. The highest BCUT2D eigenvalue weighted by Crippen LogP contribution is 2.51. The first-order valence-electron chi connectivity index (χ1n) is 10.1. The van der Waals surface area contributed by atoms with Crippen LogP contribution in [0.1, 0.15) is 38.8 Å². The minimum atomic E-state index is -1.29. The molecule has 4 rings (SSSR count). The highest BCUT2D eigenvalue weighted by atomic mass is 16.7. The molecule has 0 aliphatic carbocycles. The molecular formula is C24H30BO2-. The van der Waals surface area contributed by atoms with Crippen molar-refractivity contribution in [3.8, 4) is 0 Å². The summed E-state index contributed by atoms with van der Waals surface area (Å²) in [6.45, 7) is 7.36. The molecule has 0 bridgehead atoms. The summed E-state index contributed by atoms with van der Waals surface area (Å²) >= 11 is 0. The second kappa shape index (κ2) is 6.65. The van der Waals surface area contributed by atoms with Crippen molar-refractivity contribution in [1.82, 2.24) is 0 Å². The Morgan fingerprint density at radius 3 is 1.41 bits per heavy atom. The third kappa shape index (κ3) is 3.63. The van der Waals surface area contributed by atoms with E-state index in [-0.39, 0.29) is 11.2 Å². The van der Waals surface area contributed by atoms with Crippen LogP contribution in [0.3, 0.4) is 0 Å². The smallest absolute Gasteiger partial charge is 0.249 e. The Morgan fingerprint density at radius 2 is 1.04 bits per heavy atom. The summed E-state index contributed by atoms with van der Waals surface area (Å²) in [5, 5.41) is 0. The largest absolute Gasteiger partial charge is 0.561 e. The van der Waals surface area contributed by atoms with Gasteiger partial charge in [0.2, 0.25) is 6.55 Å². The quantitative estimate of drug-likeness (QED) is 0.504. The van der Waals surface area contributed by atoms with E-state index in [1.807, 2.05) is 0 Å². The molecule has 0 amide bonds. The van der Waals surface area contributed by atoms with E-state index in [2.05, 4.69) is 88.4 Å². The SMILES string of the molecule is CC1(C)O[B-]2(CC(Cc3ccccc3)=C(Cc3ccccc3)C2)OC1(C)C. The maximum Gasteiger partial charge on any atom is 0.249 e. The first-order valence-corrected chi connectivity index (χ1v) is 10.1. The Hall–Kier alpha value is -1.84. The summed E-state index contributed by atoms with van der Waals surface area (Å²) in [6.07, 6.45) is 3.81. The third-order valence-corrected chi connectivity index (χ3v) is 6.60. The number of benzene rings is 2. The van der Waals surface area contributed by atoms with Crippen molar-refractivity contribution >= 4 is 6.55 Å². The summed E-state index contributed by atoms with van der Waals surface area (Å²) in [4.78, 5) is 0. The minimum Gasteiger partial charge on any atom is -0.561 e. The lowest BCUT2D eigenvalue weighted by atomic mass is 9.53. The van der Waals surface area contributed by atoms with E-state index in [0.717, 1.165) is 25.5 Å². The van der Waals surface area contributed by atoms with Crippen molar-refractivity contribution in [2.45, 2.75) is 64.4 Å². The molecule has 0 aromatic heterocycles. The van der Waals surface area contributed by atoms with Crippen LogP contribution in [0, 0.1) is 0 Å². The Labute approximate surface area is 163 Å². The van der Waals surface area contributed by atoms with Gasteiger partial charge in [-0.05, 0) is 51.7 Å². The van der Waals surface area contributed by atoms with E-state index >= 15 is 0 Å². The topological polar surface area (TPSA) is 18.5 Å². The Balaban J connectivity index is 1.63. The average Bonchev–Trinajstić information content (AvgIpc) is 3.00. The highest BCUT2D eigenvalue weighted by molar-refractivity contribution is 6.70. The molecule has 2 aliphatic rings. The molecular weight excluding hydrogens is 331 g/mol. The maximum atomic E-state index is 6.65. The molecule has 0 N–H and O–H groups in total. The fourth-order valence-electron chi connectivity index (χ4n) is 4.74. The van der Waals surface area contributed by atoms with Crippen LogP contribution < -0.4 is 0 Å². The highest BCUT2D eigenvalue weighted by Gasteiger charge is 2.53. The number of allylic oxidation sites excluding steroid dienone is 2. The first kappa shape index (κ1) is 18.5. The molecule has 1 spiro atoms. The van der Waals surface area contributed by atoms with E-state index in [4.69, 9.17) is 9.31 Å². The van der Waals surface area contributed by atoms with Crippen LogP contribution >= 0.6 is 0 Å². The summed E-state index contributed by atoms with van der Waals surface area (Å²) < 4.78 is 13.3. The van der Waals surface area contributed by atoms with Gasteiger partial charge >= 0.3 is 0 Å². The first-order chi connectivity index (χ1) is 12.8. The van der Waals surface area contributed by atoms with Crippen LogP contribution in [0.15, 0.2) is 71.8 Å². The van der Waals surface area contributed by atoms with Crippen molar-refractivity contribution in [3.63, 3.8) is 0 Å². The molecule has 2 aromatic rings. The number of hydrogen-bond donors (Lipinski definition) is 0. The summed E-state index contributed by atoms with van der Waals surface area (Å²) in [7, 11) is 0. The molecule has 142 valence electrons. The molecule has 1 fully saturated rings. The van der Waals surface area contributed by atoms with Gasteiger partial charge in [0, 0.05) is 11.2 Å². The standard InChI is InChI=1S/C24H30BO2/c1-23(2)24(3,4)27-25(26-23)17-21(15-19-11-7-5-8-12-19)22(18-25)16-20-13-9-6-10-14-20/h5-14H,15-18H2,1-4H3/q-1. The molecule has 0 radical (unpaired) electrons. The molecule has 3 heteroatoms. The van der Waals surface area contributed by atoms with Gasteiger partial charge < -0.3 is 9.31 Å². The lowest BCUT2D eigenvalue weighted by Crippen LogP contribution is -2.41. The van der Waals surface area contributed by atoms with E-state index in [0.29, 0.717) is 0 Å². The Kier molecular flexibility index (Phi) is 4.56. The number of hydrogen-bond acceptors (Lipinski definition) is 2. The van der Waals surface area contributed by atoms with Crippen molar-refractivity contribution in [2.24, 2.45) is 0 Å². The van der Waals surface area contributed by atoms with E-state index < -0.39 is 6.55 Å². The monoisotopic (exact) mass is 361 g/mol. The van der Waals surface area contributed by atoms with Gasteiger partial charge in [-0.25, -0.2) is 0 Å². The Bertz CT molecular complexity index is 766. The average molecular weight is 361 g/mol. The molecule has 0 atom stereocenters. The van der Waals surface area contributed by atoms with Gasteiger partial charge in [-0.1, -0.05) is 71.8 Å². The van der Waals surface area contributed by atoms with Gasteiger partial charge in [0.15, 0.2) is 0 Å². The van der Waals surface area contributed by atoms with Crippen LogP contribution in [0.4, 0.5) is 0 Å². The molecule has 1 saturated heterocycles. The zero-order valence-electron chi connectivity index (χ0n) is 17.0. The minimum absolute atomic E-state index is 0.271. The molecule has 0 saturated carbocycles. The van der Waals surface area contributed by atoms with Crippen LogP contribution in [0.5, 0.6) is 0 Å². The van der Waals surface area contributed by atoms with Crippen LogP contribution in [-0.2, 0) is 22.2 Å². The predicted molar refractivity (Wildman–Crippen MR) is 113 cm³/mol. The fraction of sp³-hybridized carbons (Fsp3) is 0.417. The van der Waals surface area contributed by atoms with E-state index in [1.54, 1.807) is 0 Å². The summed E-state index contributed by atoms with van der Waals surface area (Å²) in [5.74, 6) is 0. The lowest BCUT2D eigenvalue weighted by Gasteiger charge is -2.37. The molecule has 2 aromatic carbocycles. The summed E-state index contributed by atoms with van der Waals surface area (Å²) in [6, 6.07) is 21.5. The third-order valence-electron chi connectivity index (χ3n) is 6.60. The van der Waals surface area contributed by atoms with Crippen LogP contribution in [0.25, 0.3) is 0 Å². The predicted octanol–water partition coefficient (Wildman–Crippen LogP) is 5.83.